The smallest absolute Gasteiger partial charge is 0.175 e. The third-order valence-electron chi connectivity index (χ3n) is 6.65. The Balaban J connectivity index is 1.66. The molecule has 3 aromatic carbocycles. The summed E-state index contributed by atoms with van der Waals surface area (Å²) in [4.78, 5) is 27.1. The van der Waals surface area contributed by atoms with Crippen LogP contribution >= 0.6 is 0 Å². The Morgan fingerprint density at radius 1 is 0.800 bits per heavy atom. The summed E-state index contributed by atoms with van der Waals surface area (Å²) in [5, 5.41) is 0. The van der Waals surface area contributed by atoms with E-state index in [0.29, 0.717) is 29.7 Å². The molecule has 1 atom stereocenters. The van der Waals surface area contributed by atoms with Crippen molar-refractivity contribution >= 4 is 11.6 Å². The molecule has 0 saturated heterocycles. The number of ether oxygens (including phenoxy) is 1. The zero-order chi connectivity index (χ0) is 20.3. The highest BCUT2D eigenvalue weighted by Crippen LogP contribution is 2.61. The molecule has 0 fully saturated rings. The minimum absolute atomic E-state index is 0.0456. The van der Waals surface area contributed by atoms with E-state index in [0.717, 1.165) is 28.7 Å². The van der Waals surface area contributed by atoms with Gasteiger partial charge in [0.1, 0.15) is 11.7 Å². The van der Waals surface area contributed by atoms with Crippen LogP contribution in [-0.2, 0) is 15.1 Å². The van der Waals surface area contributed by atoms with Crippen LogP contribution in [0.2, 0.25) is 0 Å². The van der Waals surface area contributed by atoms with Gasteiger partial charge < -0.3 is 4.74 Å². The van der Waals surface area contributed by atoms with Crippen LogP contribution in [0.15, 0.2) is 90.2 Å². The van der Waals surface area contributed by atoms with E-state index < -0.39 is 11.5 Å². The Bertz CT molecular complexity index is 1190. The molecule has 0 bridgehead atoms. The lowest BCUT2D eigenvalue weighted by Crippen LogP contribution is -2.39. The highest BCUT2D eigenvalue weighted by Gasteiger charge is 2.61. The fourth-order valence-corrected chi connectivity index (χ4v) is 5.45. The maximum absolute atomic E-state index is 14.0. The molecule has 3 nitrogen and oxygen atoms in total. The second-order valence-electron chi connectivity index (χ2n) is 8.21. The molecule has 3 heteroatoms. The highest BCUT2D eigenvalue weighted by molar-refractivity contribution is 6.10. The first-order chi connectivity index (χ1) is 14.7. The number of hydrogen-bond acceptors (Lipinski definition) is 3. The zero-order valence-electron chi connectivity index (χ0n) is 16.4. The summed E-state index contributed by atoms with van der Waals surface area (Å²) >= 11 is 0. The van der Waals surface area contributed by atoms with Crippen molar-refractivity contribution in [2.45, 2.75) is 24.9 Å². The van der Waals surface area contributed by atoms with Gasteiger partial charge in [-0.25, -0.2) is 0 Å². The standard InChI is InChI=1S/C27H20O3/c28-22-15-8-16-23-24(22)25(26(29)17-9-2-1-3-10-17)27(30-23)20-13-6-4-11-18(20)19-12-5-7-14-21(19)27/h1-7,9-14,25H,8,15-16H2. The molecule has 0 N–H and O–H groups in total. The summed E-state index contributed by atoms with van der Waals surface area (Å²) in [5.74, 6) is 0.0196. The van der Waals surface area contributed by atoms with Crippen LogP contribution in [0, 0.1) is 5.92 Å². The van der Waals surface area contributed by atoms with Crippen molar-refractivity contribution in [1.29, 1.82) is 0 Å². The minimum Gasteiger partial charge on any atom is -0.481 e. The summed E-state index contributed by atoms with van der Waals surface area (Å²) in [7, 11) is 0. The van der Waals surface area contributed by atoms with Gasteiger partial charge in [-0.1, -0.05) is 78.9 Å². The lowest BCUT2D eigenvalue weighted by Gasteiger charge is -2.33. The van der Waals surface area contributed by atoms with Crippen LogP contribution in [0.25, 0.3) is 11.1 Å². The molecule has 1 spiro atoms. The van der Waals surface area contributed by atoms with E-state index in [-0.39, 0.29) is 11.6 Å². The van der Waals surface area contributed by atoms with Crippen molar-refractivity contribution in [3.63, 3.8) is 0 Å². The molecule has 0 radical (unpaired) electrons. The molecule has 146 valence electrons. The number of allylic oxidation sites excluding steroid dienone is 1. The van der Waals surface area contributed by atoms with Gasteiger partial charge in [0.05, 0.1) is 0 Å². The number of carbonyl (C=O) groups is 2. The number of carbonyl (C=O) groups excluding carboxylic acids is 2. The monoisotopic (exact) mass is 392 g/mol. The van der Waals surface area contributed by atoms with Crippen LogP contribution in [0.1, 0.15) is 40.7 Å². The fourth-order valence-electron chi connectivity index (χ4n) is 5.45. The third-order valence-corrected chi connectivity index (χ3v) is 6.65. The second kappa shape index (κ2) is 6.27. The van der Waals surface area contributed by atoms with Gasteiger partial charge in [0, 0.05) is 35.1 Å². The van der Waals surface area contributed by atoms with E-state index in [1.165, 1.54) is 0 Å². The first-order valence-electron chi connectivity index (χ1n) is 10.5. The predicted octanol–water partition coefficient (Wildman–Crippen LogP) is 5.45. The van der Waals surface area contributed by atoms with Crippen LogP contribution in [0.5, 0.6) is 0 Å². The molecule has 0 saturated carbocycles. The number of benzene rings is 3. The van der Waals surface area contributed by atoms with Crippen molar-refractivity contribution in [3.05, 3.63) is 107 Å². The molecule has 1 unspecified atom stereocenters. The molecule has 0 amide bonds. The first-order valence-corrected chi connectivity index (χ1v) is 10.5. The number of hydrogen-bond donors (Lipinski definition) is 0. The van der Waals surface area contributed by atoms with Gasteiger partial charge in [-0.15, -0.1) is 0 Å². The average molecular weight is 392 g/mol. The Labute approximate surface area is 175 Å². The Morgan fingerprint density at radius 2 is 1.40 bits per heavy atom. The largest absolute Gasteiger partial charge is 0.481 e. The molecule has 3 aliphatic rings. The van der Waals surface area contributed by atoms with Gasteiger partial charge in [-0.3, -0.25) is 9.59 Å². The number of Topliss-reactive ketones (excluding diaryl/α,β-unsaturated/α-hetero) is 2. The summed E-state index contributed by atoms with van der Waals surface area (Å²) in [6.45, 7) is 0. The van der Waals surface area contributed by atoms with Crippen molar-refractivity contribution < 1.29 is 14.3 Å². The minimum atomic E-state index is -0.981. The Hall–Kier alpha value is -3.46. The maximum Gasteiger partial charge on any atom is 0.175 e. The highest BCUT2D eigenvalue weighted by atomic mass is 16.5. The van der Waals surface area contributed by atoms with Gasteiger partial charge in [-0.05, 0) is 17.5 Å². The van der Waals surface area contributed by atoms with Crippen molar-refractivity contribution in [2.24, 2.45) is 5.92 Å². The quantitative estimate of drug-likeness (QED) is 0.545. The van der Waals surface area contributed by atoms with Crippen molar-refractivity contribution in [3.8, 4) is 11.1 Å². The van der Waals surface area contributed by atoms with E-state index in [1.54, 1.807) is 0 Å². The lowest BCUT2D eigenvalue weighted by atomic mass is 9.71. The molecule has 1 heterocycles. The molecule has 0 aromatic heterocycles. The van der Waals surface area contributed by atoms with Gasteiger partial charge in [0.15, 0.2) is 17.2 Å². The van der Waals surface area contributed by atoms with Crippen molar-refractivity contribution in [2.75, 3.05) is 0 Å². The Morgan fingerprint density at radius 3 is 2.07 bits per heavy atom. The summed E-state index contributed by atoms with van der Waals surface area (Å²) in [5.41, 5.74) is 4.31. The van der Waals surface area contributed by atoms with Crippen molar-refractivity contribution in [1.82, 2.24) is 0 Å². The average Bonchev–Trinajstić information content (AvgIpc) is 3.29. The van der Waals surface area contributed by atoms with Gasteiger partial charge in [-0.2, -0.15) is 0 Å². The summed E-state index contributed by atoms with van der Waals surface area (Å²) < 4.78 is 6.73. The Kier molecular flexibility index (Phi) is 3.64. The first kappa shape index (κ1) is 17.4. The normalized spacial score (nSPS) is 20.5. The lowest BCUT2D eigenvalue weighted by molar-refractivity contribution is -0.116. The number of fused-ring (bicyclic) bond motifs is 5. The predicted molar refractivity (Wildman–Crippen MR) is 114 cm³/mol. The third kappa shape index (κ3) is 2.15. The summed E-state index contributed by atoms with van der Waals surface area (Å²) in [6, 6.07) is 25.5. The zero-order valence-corrected chi connectivity index (χ0v) is 16.4. The maximum atomic E-state index is 14.0. The van der Waals surface area contributed by atoms with Gasteiger partial charge in [0.25, 0.3) is 0 Å². The molecule has 3 aromatic rings. The van der Waals surface area contributed by atoms with Gasteiger partial charge >= 0.3 is 0 Å². The molecule has 2 aliphatic carbocycles. The van der Waals surface area contributed by atoms with E-state index in [4.69, 9.17) is 4.74 Å². The van der Waals surface area contributed by atoms with Gasteiger partial charge in [0.2, 0.25) is 0 Å². The molecular formula is C27H20O3. The SMILES string of the molecule is O=C1CCCC2=C1C(C(=O)c1ccccc1)C1(O2)c2ccccc2-c2ccccc21. The van der Waals surface area contributed by atoms with E-state index in [1.807, 2.05) is 66.7 Å². The van der Waals surface area contributed by atoms with E-state index >= 15 is 0 Å². The van der Waals surface area contributed by atoms with Crippen LogP contribution in [0.3, 0.4) is 0 Å². The molecule has 1 aliphatic heterocycles. The molecule has 30 heavy (non-hydrogen) atoms. The van der Waals surface area contributed by atoms with E-state index in [9.17, 15) is 9.59 Å². The summed E-state index contributed by atoms with van der Waals surface area (Å²) in [6.07, 6.45) is 1.94. The topological polar surface area (TPSA) is 43.4 Å². The second-order valence-corrected chi connectivity index (χ2v) is 8.21. The van der Waals surface area contributed by atoms with E-state index in [2.05, 4.69) is 12.1 Å². The number of rotatable bonds is 2. The van der Waals surface area contributed by atoms with Crippen LogP contribution in [0.4, 0.5) is 0 Å². The van der Waals surface area contributed by atoms with Crippen LogP contribution in [-0.4, -0.2) is 11.6 Å². The number of ketones is 2. The fraction of sp³-hybridized carbons (Fsp3) is 0.185. The molecule has 6 rings (SSSR count). The van der Waals surface area contributed by atoms with Crippen LogP contribution < -0.4 is 0 Å². The molecular weight excluding hydrogens is 372 g/mol.